The number of hydrogen-bond donors (Lipinski definition) is 2. The Bertz CT molecular complexity index is 641. The van der Waals surface area contributed by atoms with Crippen LogP contribution in [-0.2, 0) is 0 Å². The molecule has 0 bridgehead atoms. The molecule has 2 aromatic rings. The van der Waals surface area contributed by atoms with Crippen molar-refractivity contribution in [1.82, 2.24) is 4.98 Å². The van der Waals surface area contributed by atoms with E-state index in [1.165, 1.54) is 31.6 Å². The van der Waals surface area contributed by atoms with E-state index in [9.17, 15) is 15.0 Å². The van der Waals surface area contributed by atoms with Gasteiger partial charge in [-0.3, -0.25) is 4.79 Å². The normalized spacial score (nSPS) is 11.4. The molecular weight excluding hydrogens is 274 g/mol. The smallest absolute Gasteiger partial charge is 0.181 e. The third kappa shape index (κ3) is 3.61. The SMILES string of the molecule is CC(=O)c1cc(O)c(-c2cnco2)cc1OCC(C)(C)O. The molecule has 0 aliphatic rings. The fourth-order valence-electron chi connectivity index (χ4n) is 1.76. The third-order valence-electron chi connectivity index (χ3n) is 2.76. The largest absolute Gasteiger partial charge is 0.507 e. The van der Waals surface area contributed by atoms with Gasteiger partial charge < -0.3 is 19.4 Å². The van der Waals surface area contributed by atoms with Gasteiger partial charge in [0.05, 0.1) is 22.9 Å². The summed E-state index contributed by atoms with van der Waals surface area (Å²) in [5, 5.41) is 19.7. The van der Waals surface area contributed by atoms with Crippen LogP contribution in [0.25, 0.3) is 11.3 Å². The van der Waals surface area contributed by atoms with Crippen molar-refractivity contribution in [1.29, 1.82) is 0 Å². The third-order valence-corrected chi connectivity index (χ3v) is 2.76. The van der Waals surface area contributed by atoms with Gasteiger partial charge >= 0.3 is 0 Å². The van der Waals surface area contributed by atoms with Crippen molar-refractivity contribution < 1.29 is 24.2 Å². The van der Waals surface area contributed by atoms with E-state index in [-0.39, 0.29) is 29.5 Å². The summed E-state index contributed by atoms with van der Waals surface area (Å²) >= 11 is 0. The van der Waals surface area contributed by atoms with Crippen LogP contribution in [0.5, 0.6) is 11.5 Å². The van der Waals surface area contributed by atoms with Crippen molar-refractivity contribution in [2.75, 3.05) is 6.61 Å². The molecule has 0 aliphatic carbocycles. The number of Topliss-reactive ketones (excluding diaryl/α,β-unsaturated/α-hetero) is 1. The lowest BCUT2D eigenvalue weighted by Gasteiger charge is -2.19. The molecule has 2 rings (SSSR count). The monoisotopic (exact) mass is 291 g/mol. The van der Waals surface area contributed by atoms with Gasteiger partial charge in [-0.15, -0.1) is 0 Å². The summed E-state index contributed by atoms with van der Waals surface area (Å²) < 4.78 is 10.7. The number of hydrogen-bond acceptors (Lipinski definition) is 6. The van der Waals surface area contributed by atoms with Crippen LogP contribution in [0, 0.1) is 0 Å². The number of phenols is 1. The molecule has 2 N–H and O–H groups in total. The van der Waals surface area contributed by atoms with Gasteiger partial charge in [0.2, 0.25) is 0 Å². The summed E-state index contributed by atoms with van der Waals surface area (Å²) in [5.74, 6) is 0.275. The molecule has 112 valence electrons. The van der Waals surface area contributed by atoms with Crippen LogP contribution in [0.3, 0.4) is 0 Å². The fraction of sp³-hybridized carbons (Fsp3) is 0.333. The van der Waals surface area contributed by atoms with Crippen molar-refractivity contribution in [3.8, 4) is 22.8 Å². The zero-order chi connectivity index (χ0) is 15.6. The lowest BCUT2D eigenvalue weighted by molar-refractivity contribution is 0.0281. The highest BCUT2D eigenvalue weighted by Gasteiger charge is 2.19. The Hall–Kier alpha value is -2.34. The molecule has 1 aromatic carbocycles. The zero-order valence-corrected chi connectivity index (χ0v) is 12.1. The maximum Gasteiger partial charge on any atom is 0.181 e. The molecule has 0 unspecified atom stereocenters. The van der Waals surface area contributed by atoms with Crippen molar-refractivity contribution in [3.05, 3.63) is 30.3 Å². The minimum Gasteiger partial charge on any atom is -0.507 e. The molecule has 0 amide bonds. The van der Waals surface area contributed by atoms with E-state index in [1.54, 1.807) is 13.8 Å². The first kappa shape index (κ1) is 15.1. The number of aromatic nitrogens is 1. The predicted octanol–water partition coefficient (Wildman–Crippen LogP) is 2.40. The first-order chi connectivity index (χ1) is 9.78. The maximum atomic E-state index is 11.7. The van der Waals surface area contributed by atoms with Gasteiger partial charge in [0.25, 0.3) is 0 Å². The number of aromatic hydroxyl groups is 1. The average molecular weight is 291 g/mol. The second-order valence-corrected chi connectivity index (χ2v) is 5.39. The van der Waals surface area contributed by atoms with Crippen molar-refractivity contribution in [2.24, 2.45) is 0 Å². The number of carbonyl (C=O) groups is 1. The van der Waals surface area contributed by atoms with Crippen LogP contribution in [0.1, 0.15) is 31.1 Å². The molecule has 1 aromatic heterocycles. The number of ketones is 1. The predicted molar refractivity (Wildman–Crippen MR) is 75.4 cm³/mol. The number of aliphatic hydroxyl groups is 1. The number of phenolic OH excluding ortho intramolecular Hbond substituents is 1. The molecule has 6 nitrogen and oxygen atoms in total. The van der Waals surface area contributed by atoms with Crippen LogP contribution >= 0.6 is 0 Å². The highest BCUT2D eigenvalue weighted by Crippen LogP contribution is 2.35. The zero-order valence-electron chi connectivity index (χ0n) is 12.1. The average Bonchev–Trinajstić information content (AvgIpc) is 2.89. The summed E-state index contributed by atoms with van der Waals surface area (Å²) in [5.41, 5.74) is -0.443. The molecule has 21 heavy (non-hydrogen) atoms. The Morgan fingerprint density at radius 1 is 1.43 bits per heavy atom. The topological polar surface area (TPSA) is 92.8 Å². The Balaban J connectivity index is 2.45. The molecule has 0 atom stereocenters. The summed E-state index contributed by atoms with van der Waals surface area (Å²) in [7, 11) is 0. The van der Waals surface area contributed by atoms with E-state index in [1.807, 2.05) is 0 Å². The molecule has 0 radical (unpaired) electrons. The van der Waals surface area contributed by atoms with Crippen LogP contribution in [0.15, 0.2) is 29.1 Å². The van der Waals surface area contributed by atoms with Gasteiger partial charge in [-0.25, -0.2) is 4.98 Å². The van der Waals surface area contributed by atoms with Crippen LogP contribution < -0.4 is 4.74 Å². The Labute approximate surface area is 122 Å². The molecule has 1 heterocycles. The molecule has 0 aliphatic heterocycles. The first-order valence-corrected chi connectivity index (χ1v) is 6.40. The van der Waals surface area contributed by atoms with Crippen molar-refractivity contribution in [3.63, 3.8) is 0 Å². The summed E-state index contributed by atoms with van der Waals surface area (Å²) in [6, 6.07) is 2.82. The highest BCUT2D eigenvalue weighted by atomic mass is 16.5. The number of benzene rings is 1. The Morgan fingerprint density at radius 2 is 2.14 bits per heavy atom. The van der Waals surface area contributed by atoms with Crippen LogP contribution in [0.4, 0.5) is 0 Å². The van der Waals surface area contributed by atoms with E-state index in [0.717, 1.165) is 0 Å². The van der Waals surface area contributed by atoms with Gasteiger partial charge in [0.1, 0.15) is 18.1 Å². The molecule has 0 saturated heterocycles. The second-order valence-electron chi connectivity index (χ2n) is 5.39. The number of ether oxygens (including phenoxy) is 1. The maximum absolute atomic E-state index is 11.7. The summed E-state index contributed by atoms with van der Waals surface area (Å²) in [6.07, 6.45) is 2.69. The lowest BCUT2D eigenvalue weighted by Crippen LogP contribution is -2.28. The quantitative estimate of drug-likeness (QED) is 0.822. The standard InChI is InChI=1S/C15H17NO5/c1-9(17)10-4-12(18)11(14-6-16-8-21-14)5-13(10)20-7-15(2,3)19/h4-6,8,18-19H,7H2,1-3H3. The van der Waals surface area contributed by atoms with E-state index >= 15 is 0 Å². The van der Waals surface area contributed by atoms with E-state index in [4.69, 9.17) is 9.15 Å². The van der Waals surface area contributed by atoms with E-state index in [0.29, 0.717) is 11.3 Å². The highest BCUT2D eigenvalue weighted by molar-refractivity contribution is 5.98. The Morgan fingerprint density at radius 3 is 2.67 bits per heavy atom. The van der Waals surface area contributed by atoms with Gasteiger partial charge in [-0.2, -0.15) is 0 Å². The molecule has 0 saturated carbocycles. The number of oxazole rings is 1. The molecule has 0 spiro atoms. The van der Waals surface area contributed by atoms with Gasteiger partial charge in [-0.1, -0.05) is 0 Å². The molecular formula is C15H17NO5. The number of nitrogens with zero attached hydrogens (tertiary/aromatic N) is 1. The minimum absolute atomic E-state index is 0.00784. The fourth-order valence-corrected chi connectivity index (χ4v) is 1.76. The second kappa shape index (κ2) is 5.57. The van der Waals surface area contributed by atoms with E-state index in [2.05, 4.69) is 4.98 Å². The lowest BCUT2D eigenvalue weighted by atomic mass is 10.0. The van der Waals surface area contributed by atoms with E-state index < -0.39 is 5.60 Å². The van der Waals surface area contributed by atoms with Gasteiger partial charge in [-0.05, 0) is 32.9 Å². The van der Waals surface area contributed by atoms with Gasteiger partial charge in [0, 0.05) is 0 Å². The van der Waals surface area contributed by atoms with Crippen LogP contribution in [-0.4, -0.2) is 33.2 Å². The first-order valence-electron chi connectivity index (χ1n) is 6.40. The van der Waals surface area contributed by atoms with Crippen molar-refractivity contribution >= 4 is 5.78 Å². The summed E-state index contributed by atoms with van der Waals surface area (Å²) in [4.78, 5) is 15.4. The molecule has 6 heteroatoms. The minimum atomic E-state index is -1.04. The molecule has 0 fully saturated rings. The summed E-state index contributed by atoms with van der Waals surface area (Å²) in [6.45, 7) is 4.57. The van der Waals surface area contributed by atoms with Crippen molar-refractivity contribution in [2.45, 2.75) is 26.4 Å². The van der Waals surface area contributed by atoms with Crippen LogP contribution in [0.2, 0.25) is 0 Å². The Kier molecular flexibility index (Phi) is 3.99. The number of carbonyl (C=O) groups excluding carboxylic acids is 1. The van der Waals surface area contributed by atoms with Gasteiger partial charge in [0.15, 0.2) is 17.9 Å². The number of rotatable bonds is 5.